The molecule has 0 spiro atoms. The van der Waals surface area contributed by atoms with Crippen molar-refractivity contribution in [2.75, 3.05) is 12.3 Å². The number of nitrogens with one attached hydrogen (secondary N) is 1. The number of aliphatic hydroxyl groups excluding tert-OH is 1. The van der Waals surface area contributed by atoms with Crippen LogP contribution in [0.4, 0.5) is 5.82 Å². The van der Waals surface area contributed by atoms with Gasteiger partial charge in [-0.2, -0.15) is 10.1 Å². The molecule has 2 heterocycles. The van der Waals surface area contributed by atoms with Gasteiger partial charge in [-0.15, -0.1) is 0 Å². The number of esters is 1. The standard InChI is InChI=1S/C22H32N5O8P/c1-13(2)33-19(29)14(3)26-36(31,35-15-8-6-5-7-9-15)32-12-16-18(28)22(4,24)20(34-16)27-11-10-17(23)25-21(27)30/h5-11,13-14,16,18,20,28H,12,24H2,1-4H3,(H,26,31)(H2,23,25,30)/t14-,16-,18-,20-,22-,36+/m1/s1. The van der Waals surface area contributed by atoms with Crippen molar-refractivity contribution in [3.8, 4) is 5.75 Å². The van der Waals surface area contributed by atoms with Crippen molar-refractivity contribution in [3.05, 3.63) is 53.1 Å². The number of hydrogen-bond donors (Lipinski definition) is 4. The van der Waals surface area contributed by atoms with Crippen LogP contribution in [0.25, 0.3) is 0 Å². The number of benzene rings is 1. The number of aromatic nitrogens is 2. The van der Waals surface area contributed by atoms with E-state index in [1.165, 1.54) is 26.1 Å². The minimum Gasteiger partial charge on any atom is -0.462 e. The lowest BCUT2D eigenvalue weighted by Crippen LogP contribution is -2.53. The fourth-order valence-electron chi connectivity index (χ4n) is 3.54. The van der Waals surface area contributed by atoms with Gasteiger partial charge < -0.3 is 30.6 Å². The molecule has 36 heavy (non-hydrogen) atoms. The maximum absolute atomic E-state index is 13.6. The molecule has 1 aliphatic rings. The van der Waals surface area contributed by atoms with Crippen molar-refractivity contribution in [1.29, 1.82) is 0 Å². The van der Waals surface area contributed by atoms with Crippen molar-refractivity contribution in [2.24, 2.45) is 5.73 Å². The lowest BCUT2D eigenvalue weighted by molar-refractivity contribution is -0.149. The summed E-state index contributed by atoms with van der Waals surface area (Å²) < 4.78 is 36.9. The Labute approximate surface area is 208 Å². The molecule has 0 unspecified atom stereocenters. The molecule has 0 amide bonds. The molecule has 0 bridgehead atoms. The second-order valence-corrected chi connectivity index (χ2v) is 10.6. The highest BCUT2D eigenvalue weighted by molar-refractivity contribution is 7.52. The number of ether oxygens (including phenoxy) is 2. The summed E-state index contributed by atoms with van der Waals surface area (Å²) in [6, 6.07) is 8.54. The zero-order chi connectivity index (χ0) is 26.7. The van der Waals surface area contributed by atoms with Gasteiger partial charge in [0.15, 0.2) is 6.23 Å². The van der Waals surface area contributed by atoms with E-state index in [0.29, 0.717) is 0 Å². The molecule has 6 N–H and O–H groups in total. The summed E-state index contributed by atoms with van der Waals surface area (Å²) in [7, 11) is -4.20. The SMILES string of the molecule is CC(C)OC(=O)[C@@H](C)N[P@](=O)(OC[C@H]1O[C@@H](n2ccc(N)nc2=O)[C@](C)(N)[C@@H]1O)Oc1ccccc1. The minimum absolute atomic E-state index is 0.0172. The van der Waals surface area contributed by atoms with Gasteiger partial charge in [-0.3, -0.25) is 13.9 Å². The van der Waals surface area contributed by atoms with Crippen molar-refractivity contribution in [3.63, 3.8) is 0 Å². The fraction of sp³-hybridized carbons (Fsp3) is 0.500. The highest BCUT2D eigenvalue weighted by atomic mass is 31.2. The molecular weight excluding hydrogens is 493 g/mol. The predicted molar refractivity (Wildman–Crippen MR) is 130 cm³/mol. The predicted octanol–water partition coefficient (Wildman–Crippen LogP) is 0.935. The van der Waals surface area contributed by atoms with Gasteiger partial charge in [0.2, 0.25) is 0 Å². The third-order valence-corrected chi connectivity index (χ3v) is 7.01. The first-order valence-electron chi connectivity index (χ1n) is 11.3. The summed E-state index contributed by atoms with van der Waals surface area (Å²) in [5, 5.41) is 13.4. The normalized spacial score (nSPS) is 26.4. The summed E-state index contributed by atoms with van der Waals surface area (Å²) in [5.41, 5.74) is 9.68. The van der Waals surface area contributed by atoms with Crippen molar-refractivity contribution in [2.45, 2.75) is 63.8 Å². The molecule has 0 aliphatic carbocycles. The molecule has 1 fully saturated rings. The fourth-order valence-corrected chi connectivity index (χ4v) is 5.04. The zero-order valence-corrected chi connectivity index (χ0v) is 21.3. The maximum Gasteiger partial charge on any atom is 0.459 e. The van der Waals surface area contributed by atoms with Crippen LogP contribution in [-0.4, -0.2) is 57.1 Å². The third-order valence-electron chi connectivity index (χ3n) is 5.36. The summed E-state index contributed by atoms with van der Waals surface area (Å²) in [6.45, 7) is 5.85. The van der Waals surface area contributed by atoms with Crippen LogP contribution in [0.2, 0.25) is 0 Å². The zero-order valence-electron chi connectivity index (χ0n) is 20.4. The van der Waals surface area contributed by atoms with Crippen LogP contribution in [-0.2, 0) is 23.4 Å². The molecular formula is C22H32N5O8P. The van der Waals surface area contributed by atoms with Crippen molar-refractivity contribution in [1.82, 2.24) is 14.6 Å². The van der Waals surface area contributed by atoms with E-state index in [0.717, 1.165) is 4.57 Å². The van der Waals surface area contributed by atoms with E-state index in [1.807, 2.05) is 0 Å². The van der Waals surface area contributed by atoms with Crippen LogP contribution in [0, 0.1) is 0 Å². The van der Waals surface area contributed by atoms with Gasteiger partial charge in [0.25, 0.3) is 0 Å². The van der Waals surface area contributed by atoms with E-state index >= 15 is 0 Å². The Hall–Kier alpha value is -2.80. The van der Waals surface area contributed by atoms with Gasteiger partial charge in [-0.25, -0.2) is 9.36 Å². The molecule has 13 nitrogen and oxygen atoms in total. The molecule has 2 aromatic rings. The number of carbonyl (C=O) groups excluding carboxylic acids is 1. The maximum atomic E-state index is 13.6. The number of rotatable bonds is 10. The van der Waals surface area contributed by atoms with Crippen molar-refractivity contribution < 1.29 is 33.0 Å². The number of aliphatic hydroxyl groups is 1. The monoisotopic (exact) mass is 525 g/mol. The van der Waals surface area contributed by atoms with E-state index < -0.39 is 56.0 Å². The Bertz CT molecular complexity index is 1160. The summed E-state index contributed by atoms with van der Waals surface area (Å²) in [6.07, 6.45) is -2.60. The Morgan fingerprint density at radius 2 is 1.97 bits per heavy atom. The van der Waals surface area contributed by atoms with E-state index in [4.69, 9.17) is 30.0 Å². The molecule has 14 heteroatoms. The highest BCUT2D eigenvalue weighted by Gasteiger charge is 2.52. The lowest BCUT2D eigenvalue weighted by atomic mass is 9.93. The topological polar surface area (TPSA) is 190 Å². The van der Waals surface area contributed by atoms with Gasteiger partial charge in [0, 0.05) is 6.20 Å². The average molecular weight is 525 g/mol. The van der Waals surface area contributed by atoms with Crippen LogP contribution < -0.4 is 26.8 Å². The summed E-state index contributed by atoms with van der Waals surface area (Å²) >= 11 is 0. The van der Waals surface area contributed by atoms with Gasteiger partial charge in [-0.1, -0.05) is 18.2 Å². The highest BCUT2D eigenvalue weighted by Crippen LogP contribution is 2.46. The van der Waals surface area contributed by atoms with E-state index in [9.17, 15) is 19.3 Å². The Balaban J connectivity index is 1.79. The van der Waals surface area contributed by atoms with Gasteiger partial charge >= 0.3 is 19.4 Å². The first-order valence-corrected chi connectivity index (χ1v) is 12.8. The summed E-state index contributed by atoms with van der Waals surface area (Å²) in [4.78, 5) is 28.3. The molecule has 1 aromatic carbocycles. The number of nitrogens with zero attached hydrogens (tertiary/aromatic N) is 2. The second-order valence-electron chi connectivity index (χ2n) is 8.91. The van der Waals surface area contributed by atoms with Gasteiger partial charge in [0.05, 0.1) is 18.2 Å². The van der Waals surface area contributed by atoms with E-state index in [2.05, 4.69) is 10.1 Å². The van der Waals surface area contributed by atoms with E-state index in [1.54, 1.807) is 44.2 Å². The number of anilines is 1. The molecule has 6 atom stereocenters. The first kappa shape index (κ1) is 27.8. The van der Waals surface area contributed by atoms with Crippen LogP contribution in [0.1, 0.15) is 33.9 Å². The quantitative estimate of drug-likeness (QED) is 0.254. The Kier molecular flexibility index (Phi) is 8.55. The molecule has 3 rings (SSSR count). The minimum atomic E-state index is -4.20. The average Bonchev–Trinajstić information content (AvgIpc) is 3.01. The van der Waals surface area contributed by atoms with Gasteiger partial charge in [-0.05, 0) is 45.9 Å². The molecule has 0 radical (unpaired) electrons. The van der Waals surface area contributed by atoms with E-state index in [-0.39, 0.29) is 17.7 Å². The van der Waals surface area contributed by atoms with Crippen LogP contribution in [0.15, 0.2) is 47.4 Å². The molecule has 0 saturated carbocycles. The lowest BCUT2D eigenvalue weighted by Gasteiger charge is -2.28. The van der Waals surface area contributed by atoms with Crippen LogP contribution in [0.3, 0.4) is 0 Å². The Morgan fingerprint density at radius 3 is 2.58 bits per heavy atom. The molecule has 198 valence electrons. The largest absolute Gasteiger partial charge is 0.462 e. The number of para-hydroxylation sites is 1. The molecule has 1 aromatic heterocycles. The number of nitrogens with two attached hydrogens (primary N) is 2. The van der Waals surface area contributed by atoms with Gasteiger partial charge in [0.1, 0.15) is 29.8 Å². The van der Waals surface area contributed by atoms with Crippen LogP contribution in [0.5, 0.6) is 5.75 Å². The smallest absolute Gasteiger partial charge is 0.459 e. The Morgan fingerprint density at radius 1 is 1.31 bits per heavy atom. The molecule has 1 saturated heterocycles. The van der Waals surface area contributed by atoms with Crippen molar-refractivity contribution >= 4 is 19.5 Å². The summed E-state index contributed by atoms with van der Waals surface area (Å²) in [5.74, 6) is -0.428. The number of hydrogen-bond acceptors (Lipinski definition) is 11. The number of nitrogen functional groups attached to an aromatic ring is 1. The first-order chi connectivity index (χ1) is 16.8. The third kappa shape index (κ3) is 6.49. The molecule has 1 aliphatic heterocycles. The number of carbonyl (C=O) groups is 1. The second kappa shape index (κ2) is 11.1. The van der Waals surface area contributed by atoms with Crippen LogP contribution >= 0.6 is 7.75 Å².